The van der Waals surface area contributed by atoms with Crippen LogP contribution in [-0.2, 0) is 4.79 Å². The molecule has 112 valence electrons. The van der Waals surface area contributed by atoms with Crippen molar-refractivity contribution >= 4 is 38.7 Å². The number of nitrogens with one attached hydrogen (secondary N) is 2. The summed E-state index contributed by atoms with van der Waals surface area (Å²) in [7, 11) is 1.55. The van der Waals surface area contributed by atoms with Gasteiger partial charge in [0.15, 0.2) is 11.2 Å². The molecule has 2 aromatic rings. The van der Waals surface area contributed by atoms with E-state index in [1.807, 2.05) is 0 Å². The number of carboxylic acid groups (broad SMARTS) is 1. The Morgan fingerprint density at radius 3 is 2.86 bits per heavy atom. The Morgan fingerprint density at radius 2 is 2.24 bits per heavy atom. The van der Waals surface area contributed by atoms with Crippen LogP contribution in [0.1, 0.15) is 0 Å². The Bertz CT molecular complexity index is 672. The molecule has 4 N–H and O–H groups in total. The van der Waals surface area contributed by atoms with Gasteiger partial charge in [-0.3, -0.25) is 5.32 Å². The standard InChI is InChI=1S/C12H13N3O5S/c1-20-6-2-3-7-9(4-6)21-12(14-7)15-11(19)13-8(5-16)10(17)18/h2-4,8,16H,5H2,1H3,(H,17,18)(H2,13,14,15,19)/t8-/m1/s1. The van der Waals surface area contributed by atoms with Crippen molar-refractivity contribution in [3.8, 4) is 5.75 Å². The fourth-order valence-electron chi connectivity index (χ4n) is 1.56. The predicted octanol–water partition coefficient (Wildman–Crippen LogP) is 0.872. The van der Waals surface area contributed by atoms with Crippen molar-refractivity contribution in [1.82, 2.24) is 10.3 Å². The van der Waals surface area contributed by atoms with E-state index in [0.29, 0.717) is 16.4 Å². The van der Waals surface area contributed by atoms with Crippen LogP contribution in [-0.4, -0.2) is 47.0 Å². The minimum absolute atomic E-state index is 0.317. The summed E-state index contributed by atoms with van der Waals surface area (Å²) in [5.74, 6) is -0.643. The Hall–Kier alpha value is -2.39. The number of urea groups is 1. The van der Waals surface area contributed by atoms with Crippen molar-refractivity contribution in [1.29, 1.82) is 0 Å². The summed E-state index contributed by atoms with van der Waals surface area (Å²) in [6.07, 6.45) is 0. The first kappa shape index (κ1) is 15.0. The number of carbonyl (C=O) groups is 2. The second-order valence-corrected chi connectivity index (χ2v) is 5.06. The topological polar surface area (TPSA) is 121 Å². The zero-order chi connectivity index (χ0) is 15.4. The van der Waals surface area contributed by atoms with Crippen molar-refractivity contribution in [2.75, 3.05) is 19.0 Å². The van der Waals surface area contributed by atoms with E-state index in [2.05, 4.69) is 15.6 Å². The quantitative estimate of drug-likeness (QED) is 0.650. The van der Waals surface area contributed by atoms with Crippen LogP contribution in [0, 0.1) is 0 Å². The van der Waals surface area contributed by atoms with E-state index < -0.39 is 24.6 Å². The molecular formula is C12H13N3O5S. The monoisotopic (exact) mass is 311 g/mol. The molecule has 0 bridgehead atoms. The van der Waals surface area contributed by atoms with E-state index in [-0.39, 0.29) is 0 Å². The number of hydrogen-bond donors (Lipinski definition) is 4. The van der Waals surface area contributed by atoms with Gasteiger partial charge in [-0.15, -0.1) is 0 Å². The minimum atomic E-state index is -1.36. The highest BCUT2D eigenvalue weighted by Crippen LogP contribution is 2.28. The summed E-state index contributed by atoms with van der Waals surface area (Å²) < 4.78 is 5.91. The SMILES string of the molecule is COc1ccc2nc(NC(=O)N[C@H](CO)C(=O)O)sc2c1. The van der Waals surface area contributed by atoms with Gasteiger partial charge in [-0.25, -0.2) is 14.6 Å². The summed E-state index contributed by atoms with van der Waals surface area (Å²) in [4.78, 5) is 26.5. The lowest BCUT2D eigenvalue weighted by Crippen LogP contribution is -2.45. The second kappa shape index (κ2) is 6.37. The molecule has 0 aliphatic carbocycles. The second-order valence-electron chi connectivity index (χ2n) is 4.02. The van der Waals surface area contributed by atoms with Crippen molar-refractivity contribution in [2.45, 2.75) is 6.04 Å². The van der Waals surface area contributed by atoms with Gasteiger partial charge in [0.25, 0.3) is 0 Å². The van der Waals surface area contributed by atoms with E-state index in [9.17, 15) is 9.59 Å². The van der Waals surface area contributed by atoms with Crippen LogP contribution in [0.4, 0.5) is 9.93 Å². The van der Waals surface area contributed by atoms with E-state index in [1.165, 1.54) is 11.3 Å². The van der Waals surface area contributed by atoms with Gasteiger partial charge in [0.2, 0.25) is 0 Å². The fourth-order valence-corrected chi connectivity index (χ4v) is 2.45. The molecule has 21 heavy (non-hydrogen) atoms. The van der Waals surface area contributed by atoms with Gasteiger partial charge in [-0.1, -0.05) is 11.3 Å². The Morgan fingerprint density at radius 1 is 1.48 bits per heavy atom. The molecule has 1 atom stereocenters. The molecule has 0 aliphatic rings. The molecule has 0 spiro atoms. The van der Waals surface area contributed by atoms with Crippen molar-refractivity contribution < 1.29 is 24.5 Å². The lowest BCUT2D eigenvalue weighted by Gasteiger charge is -2.11. The number of ether oxygens (including phenoxy) is 1. The van der Waals surface area contributed by atoms with Crippen LogP contribution >= 0.6 is 11.3 Å². The molecule has 0 saturated heterocycles. The molecule has 2 rings (SSSR count). The van der Waals surface area contributed by atoms with Crippen LogP contribution < -0.4 is 15.4 Å². The summed E-state index contributed by atoms with van der Waals surface area (Å²) in [5.41, 5.74) is 0.688. The van der Waals surface area contributed by atoms with Crippen molar-refractivity contribution in [3.05, 3.63) is 18.2 Å². The van der Waals surface area contributed by atoms with Crippen LogP contribution in [0.2, 0.25) is 0 Å². The molecule has 1 heterocycles. The molecule has 1 aromatic heterocycles. The van der Waals surface area contributed by atoms with E-state index in [0.717, 1.165) is 4.70 Å². The highest BCUT2D eigenvalue weighted by atomic mass is 32.1. The molecular weight excluding hydrogens is 298 g/mol. The largest absolute Gasteiger partial charge is 0.497 e. The number of aromatic nitrogens is 1. The Balaban J connectivity index is 2.09. The number of aliphatic carboxylic acids is 1. The Labute approximate surface area is 123 Å². The number of fused-ring (bicyclic) bond motifs is 1. The van der Waals surface area contributed by atoms with Gasteiger partial charge < -0.3 is 20.3 Å². The first-order valence-electron chi connectivity index (χ1n) is 5.89. The van der Waals surface area contributed by atoms with E-state index >= 15 is 0 Å². The molecule has 0 unspecified atom stereocenters. The number of anilines is 1. The number of hydrogen-bond acceptors (Lipinski definition) is 6. The molecule has 0 saturated carbocycles. The van der Waals surface area contributed by atoms with Gasteiger partial charge in [0.05, 0.1) is 23.9 Å². The molecule has 0 radical (unpaired) electrons. The number of amides is 2. The zero-order valence-corrected chi connectivity index (χ0v) is 11.8. The first-order valence-corrected chi connectivity index (χ1v) is 6.71. The van der Waals surface area contributed by atoms with Crippen LogP contribution in [0.5, 0.6) is 5.75 Å². The number of carboxylic acids is 1. The van der Waals surface area contributed by atoms with Gasteiger partial charge in [-0.05, 0) is 18.2 Å². The molecule has 1 aromatic carbocycles. The Kier molecular flexibility index (Phi) is 4.55. The molecule has 0 aliphatic heterocycles. The molecule has 0 fully saturated rings. The minimum Gasteiger partial charge on any atom is -0.497 e. The summed E-state index contributed by atoms with van der Waals surface area (Å²) in [6.45, 7) is -0.695. The van der Waals surface area contributed by atoms with Gasteiger partial charge in [-0.2, -0.15) is 0 Å². The van der Waals surface area contributed by atoms with Crippen molar-refractivity contribution in [3.63, 3.8) is 0 Å². The van der Waals surface area contributed by atoms with Gasteiger partial charge >= 0.3 is 12.0 Å². The number of thiazole rings is 1. The van der Waals surface area contributed by atoms with Crippen LogP contribution in [0.15, 0.2) is 18.2 Å². The predicted molar refractivity (Wildman–Crippen MR) is 76.8 cm³/mol. The normalized spacial score (nSPS) is 11.9. The number of methoxy groups -OCH3 is 1. The third-order valence-corrected chi connectivity index (χ3v) is 3.54. The summed E-state index contributed by atoms with van der Waals surface area (Å²) in [5, 5.41) is 22.4. The number of benzene rings is 1. The molecule has 2 amide bonds. The smallest absolute Gasteiger partial charge is 0.328 e. The first-order chi connectivity index (χ1) is 10.0. The number of aliphatic hydroxyl groups excluding tert-OH is 1. The zero-order valence-electron chi connectivity index (χ0n) is 11.0. The average molecular weight is 311 g/mol. The lowest BCUT2D eigenvalue weighted by atomic mass is 10.3. The summed E-state index contributed by atoms with van der Waals surface area (Å²) >= 11 is 1.23. The molecule has 9 heteroatoms. The average Bonchev–Trinajstić information content (AvgIpc) is 2.85. The van der Waals surface area contributed by atoms with E-state index in [1.54, 1.807) is 25.3 Å². The molecule has 8 nitrogen and oxygen atoms in total. The van der Waals surface area contributed by atoms with Crippen LogP contribution in [0.25, 0.3) is 10.2 Å². The fraction of sp³-hybridized carbons (Fsp3) is 0.250. The maximum atomic E-state index is 11.6. The highest BCUT2D eigenvalue weighted by molar-refractivity contribution is 7.22. The van der Waals surface area contributed by atoms with Crippen LogP contribution in [0.3, 0.4) is 0 Å². The van der Waals surface area contributed by atoms with E-state index in [4.69, 9.17) is 14.9 Å². The van der Waals surface area contributed by atoms with Gasteiger partial charge in [0, 0.05) is 0 Å². The summed E-state index contributed by atoms with van der Waals surface area (Å²) in [6, 6.07) is 3.17. The third-order valence-electron chi connectivity index (χ3n) is 2.60. The maximum Gasteiger partial charge on any atom is 0.328 e. The lowest BCUT2D eigenvalue weighted by molar-refractivity contribution is -0.140. The number of nitrogens with zero attached hydrogens (tertiary/aromatic N) is 1. The highest BCUT2D eigenvalue weighted by Gasteiger charge is 2.19. The maximum absolute atomic E-state index is 11.6. The van der Waals surface area contributed by atoms with Crippen molar-refractivity contribution in [2.24, 2.45) is 0 Å². The number of carbonyl (C=O) groups excluding carboxylic acids is 1. The number of rotatable bonds is 5. The van der Waals surface area contributed by atoms with Gasteiger partial charge in [0.1, 0.15) is 5.75 Å². The third kappa shape index (κ3) is 3.58. The number of aliphatic hydroxyl groups is 1.